The fourth-order valence-electron chi connectivity index (χ4n) is 1.69. The lowest BCUT2D eigenvalue weighted by Crippen LogP contribution is -2.17. The van der Waals surface area contributed by atoms with Crippen molar-refractivity contribution in [1.82, 2.24) is 0 Å². The zero-order valence-corrected chi connectivity index (χ0v) is 10.5. The van der Waals surface area contributed by atoms with Crippen LogP contribution in [0.15, 0.2) is 11.4 Å². The van der Waals surface area contributed by atoms with E-state index in [4.69, 9.17) is 9.84 Å². The lowest BCUT2D eigenvalue weighted by molar-refractivity contribution is 0.0701. The number of hydrogen-bond acceptors (Lipinski definition) is 4. The van der Waals surface area contributed by atoms with E-state index in [1.807, 2.05) is 23.2 Å². The largest absolute Gasteiger partial charge is 0.477 e. The summed E-state index contributed by atoms with van der Waals surface area (Å²) in [5.74, 6) is -0.00641. The highest BCUT2D eigenvalue weighted by Gasteiger charge is 2.17. The van der Waals surface area contributed by atoms with Crippen LogP contribution in [0.3, 0.4) is 0 Å². The van der Waals surface area contributed by atoms with Crippen molar-refractivity contribution >= 4 is 29.1 Å². The van der Waals surface area contributed by atoms with E-state index < -0.39 is 5.97 Å². The molecule has 0 aromatic carbocycles. The molecule has 1 fully saturated rings. The Morgan fingerprint density at radius 3 is 3.00 bits per heavy atom. The Balaban J connectivity index is 1.88. The molecular formula is C11H14O3S2. The molecule has 3 nitrogen and oxygen atoms in total. The normalized spacial score (nSPS) is 17.5. The number of hydrogen-bond donors (Lipinski definition) is 1. The van der Waals surface area contributed by atoms with Crippen LogP contribution in [-0.2, 0) is 10.5 Å². The summed E-state index contributed by atoms with van der Waals surface area (Å²) < 4.78 is 5.29. The smallest absolute Gasteiger partial charge is 0.346 e. The summed E-state index contributed by atoms with van der Waals surface area (Å²) in [4.78, 5) is 11.4. The lowest BCUT2D eigenvalue weighted by Gasteiger charge is -2.21. The van der Waals surface area contributed by atoms with E-state index in [1.54, 1.807) is 0 Å². The van der Waals surface area contributed by atoms with Gasteiger partial charge in [-0.2, -0.15) is 11.8 Å². The molecule has 0 atom stereocenters. The zero-order valence-electron chi connectivity index (χ0n) is 8.85. The van der Waals surface area contributed by atoms with E-state index >= 15 is 0 Å². The van der Waals surface area contributed by atoms with Crippen LogP contribution in [0, 0.1) is 0 Å². The highest BCUT2D eigenvalue weighted by atomic mass is 32.2. The molecule has 0 saturated carbocycles. The zero-order chi connectivity index (χ0) is 11.4. The molecule has 1 N–H and O–H groups in total. The Bertz CT molecular complexity index is 356. The highest BCUT2D eigenvalue weighted by molar-refractivity contribution is 7.99. The average Bonchev–Trinajstić information content (AvgIpc) is 2.76. The molecule has 0 bridgehead atoms. The van der Waals surface area contributed by atoms with Crippen LogP contribution in [0.25, 0.3) is 0 Å². The number of thiophene rings is 1. The molecule has 5 heteroatoms. The van der Waals surface area contributed by atoms with E-state index in [0.717, 1.165) is 37.4 Å². The molecule has 2 rings (SSSR count). The van der Waals surface area contributed by atoms with Gasteiger partial charge in [0.15, 0.2) is 0 Å². The molecular weight excluding hydrogens is 244 g/mol. The van der Waals surface area contributed by atoms with E-state index in [1.165, 1.54) is 11.3 Å². The number of carboxylic acids is 1. The van der Waals surface area contributed by atoms with Crippen molar-refractivity contribution in [2.24, 2.45) is 0 Å². The minimum Gasteiger partial charge on any atom is -0.477 e. The first-order valence-corrected chi connectivity index (χ1v) is 7.19. The van der Waals surface area contributed by atoms with Crippen molar-refractivity contribution in [1.29, 1.82) is 0 Å². The summed E-state index contributed by atoms with van der Waals surface area (Å²) in [6.45, 7) is 1.68. The second kappa shape index (κ2) is 5.70. The molecule has 2 heterocycles. The van der Waals surface area contributed by atoms with E-state index in [9.17, 15) is 4.79 Å². The summed E-state index contributed by atoms with van der Waals surface area (Å²) >= 11 is 3.16. The fourth-order valence-corrected chi connectivity index (χ4v) is 3.72. The van der Waals surface area contributed by atoms with Crippen LogP contribution in [0.1, 0.15) is 28.1 Å². The molecule has 1 aromatic rings. The van der Waals surface area contributed by atoms with Crippen molar-refractivity contribution < 1.29 is 14.6 Å². The van der Waals surface area contributed by atoms with Gasteiger partial charge < -0.3 is 9.84 Å². The summed E-state index contributed by atoms with van der Waals surface area (Å²) in [5.41, 5.74) is 0.953. The minimum absolute atomic E-state index is 0.486. The molecule has 1 aliphatic heterocycles. The first-order chi connectivity index (χ1) is 7.77. The first kappa shape index (κ1) is 12.0. The van der Waals surface area contributed by atoms with Gasteiger partial charge in [0.1, 0.15) is 4.88 Å². The fraction of sp³-hybridized carbons (Fsp3) is 0.545. The number of thioether (sulfide) groups is 1. The van der Waals surface area contributed by atoms with Gasteiger partial charge in [0.25, 0.3) is 0 Å². The molecule has 0 amide bonds. The van der Waals surface area contributed by atoms with Gasteiger partial charge in [-0.1, -0.05) is 0 Å². The van der Waals surface area contributed by atoms with Gasteiger partial charge in [0.05, 0.1) is 0 Å². The highest BCUT2D eigenvalue weighted by Crippen LogP contribution is 2.28. The van der Waals surface area contributed by atoms with Crippen molar-refractivity contribution in [3.63, 3.8) is 0 Å². The molecule has 1 aliphatic rings. The Hall–Kier alpha value is -0.520. The molecule has 1 aromatic heterocycles. The Morgan fingerprint density at radius 1 is 1.56 bits per heavy atom. The summed E-state index contributed by atoms with van der Waals surface area (Å²) in [6, 6.07) is 1.92. The van der Waals surface area contributed by atoms with Crippen LogP contribution >= 0.6 is 23.1 Å². The van der Waals surface area contributed by atoms with Gasteiger partial charge in [-0.05, 0) is 29.9 Å². The minimum atomic E-state index is -0.808. The third kappa shape index (κ3) is 2.99. The maximum atomic E-state index is 10.9. The topological polar surface area (TPSA) is 46.5 Å². The second-order valence-electron chi connectivity index (χ2n) is 3.70. The number of ether oxygens (including phenoxy) is 1. The Kier molecular flexibility index (Phi) is 4.26. The predicted molar refractivity (Wildman–Crippen MR) is 66.4 cm³/mol. The van der Waals surface area contributed by atoms with Crippen molar-refractivity contribution in [2.45, 2.75) is 23.8 Å². The predicted octanol–water partition coefficient (Wildman–Crippen LogP) is 2.86. The number of aromatic carboxylic acids is 1. The van der Waals surface area contributed by atoms with Crippen molar-refractivity contribution in [3.8, 4) is 0 Å². The number of rotatable bonds is 4. The first-order valence-electron chi connectivity index (χ1n) is 5.26. The number of carbonyl (C=O) groups is 1. The maximum absolute atomic E-state index is 10.9. The quantitative estimate of drug-likeness (QED) is 0.902. The summed E-state index contributed by atoms with van der Waals surface area (Å²) in [5, 5.41) is 11.4. The van der Waals surface area contributed by atoms with Crippen LogP contribution in [0.2, 0.25) is 0 Å². The van der Waals surface area contributed by atoms with Gasteiger partial charge in [-0.25, -0.2) is 4.79 Å². The van der Waals surface area contributed by atoms with Gasteiger partial charge >= 0.3 is 5.97 Å². The maximum Gasteiger partial charge on any atom is 0.346 e. The van der Waals surface area contributed by atoms with E-state index in [0.29, 0.717) is 10.1 Å². The van der Waals surface area contributed by atoms with E-state index in [2.05, 4.69) is 0 Å². The van der Waals surface area contributed by atoms with Gasteiger partial charge in [-0.15, -0.1) is 11.3 Å². The van der Waals surface area contributed by atoms with Crippen molar-refractivity contribution in [3.05, 3.63) is 21.9 Å². The van der Waals surface area contributed by atoms with Gasteiger partial charge in [-0.3, -0.25) is 0 Å². The average molecular weight is 258 g/mol. The van der Waals surface area contributed by atoms with Crippen LogP contribution in [0.4, 0.5) is 0 Å². The standard InChI is InChI=1S/C11H14O3S2/c12-11(13)10-8(3-6-15-10)7-16-9-1-4-14-5-2-9/h3,6,9H,1-2,4-5,7H2,(H,12,13). The molecule has 1 saturated heterocycles. The second-order valence-corrected chi connectivity index (χ2v) is 5.91. The monoisotopic (exact) mass is 258 g/mol. The molecule has 0 unspecified atom stereocenters. The molecule has 0 spiro atoms. The third-order valence-corrected chi connectivity index (χ3v) is 4.95. The lowest BCUT2D eigenvalue weighted by atomic mass is 10.2. The van der Waals surface area contributed by atoms with Crippen LogP contribution in [0.5, 0.6) is 0 Å². The number of carboxylic acid groups (broad SMARTS) is 1. The summed E-state index contributed by atoms with van der Waals surface area (Å²) in [7, 11) is 0. The summed E-state index contributed by atoms with van der Waals surface area (Å²) in [6.07, 6.45) is 2.16. The van der Waals surface area contributed by atoms with Crippen LogP contribution < -0.4 is 0 Å². The third-order valence-electron chi connectivity index (χ3n) is 2.58. The molecule has 0 radical (unpaired) electrons. The molecule has 0 aliphatic carbocycles. The molecule has 16 heavy (non-hydrogen) atoms. The molecule has 88 valence electrons. The Labute approximate surface area is 103 Å². The van der Waals surface area contributed by atoms with Crippen LogP contribution in [-0.4, -0.2) is 29.5 Å². The van der Waals surface area contributed by atoms with E-state index in [-0.39, 0.29) is 0 Å². The van der Waals surface area contributed by atoms with Crippen molar-refractivity contribution in [2.75, 3.05) is 13.2 Å². The van der Waals surface area contributed by atoms with Gasteiger partial charge in [0.2, 0.25) is 0 Å². The Morgan fingerprint density at radius 2 is 2.31 bits per heavy atom. The SMILES string of the molecule is O=C(O)c1sccc1CSC1CCOCC1. The van der Waals surface area contributed by atoms with Gasteiger partial charge in [0, 0.05) is 24.2 Å².